The van der Waals surface area contributed by atoms with Crippen LogP contribution in [0.2, 0.25) is 0 Å². The fraction of sp³-hybridized carbons (Fsp3) is 0.150. The van der Waals surface area contributed by atoms with Crippen molar-refractivity contribution in [3.63, 3.8) is 0 Å². The van der Waals surface area contributed by atoms with E-state index in [1.165, 1.54) is 12.1 Å². The van der Waals surface area contributed by atoms with Crippen molar-refractivity contribution in [1.82, 2.24) is 5.32 Å². The van der Waals surface area contributed by atoms with Crippen LogP contribution in [0.4, 0.5) is 13.2 Å². The minimum Gasteiger partial charge on any atom is -0.461 e. The highest BCUT2D eigenvalue weighted by molar-refractivity contribution is 6.01. The first-order chi connectivity index (χ1) is 12.3. The van der Waals surface area contributed by atoms with E-state index >= 15 is 0 Å². The zero-order valence-corrected chi connectivity index (χ0v) is 14.0. The number of ether oxygens (including phenoxy) is 1. The summed E-state index contributed by atoms with van der Waals surface area (Å²) in [5.41, 5.74) is 1.83. The Labute approximate surface area is 149 Å². The lowest BCUT2D eigenvalue weighted by molar-refractivity contribution is -0.137. The summed E-state index contributed by atoms with van der Waals surface area (Å²) in [4.78, 5) is 0. The third-order valence-electron chi connectivity index (χ3n) is 4.01. The number of amidine groups is 1. The molecule has 2 N–H and O–H groups in total. The Balaban J connectivity index is 1.66. The van der Waals surface area contributed by atoms with Crippen molar-refractivity contribution >= 4 is 5.84 Å². The molecule has 0 saturated carbocycles. The van der Waals surface area contributed by atoms with Gasteiger partial charge in [0.2, 0.25) is 0 Å². The minimum atomic E-state index is -4.32. The standard InChI is InChI=1S/C20H17F3N2O/c1-13(18-10-11-25-19(18)24)26-17-8-4-15(5-9-17)12-14-2-6-16(7-3-14)20(21,22)23/h2-11H,12H2,1H3,(H2,24,25)/b18-13+. The molecule has 2 aromatic carbocycles. The van der Waals surface area contributed by atoms with Crippen molar-refractivity contribution in [2.75, 3.05) is 0 Å². The predicted molar refractivity (Wildman–Crippen MR) is 94.0 cm³/mol. The number of hydrogen-bond acceptors (Lipinski definition) is 2. The molecule has 3 nitrogen and oxygen atoms in total. The SMILES string of the molecule is C/C(Oc1ccc(Cc2ccc(C(F)(F)F)cc2)cc1)=C1/C=CNC1=N. The van der Waals surface area contributed by atoms with Gasteiger partial charge in [0.15, 0.2) is 0 Å². The van der Waals surface area contributed by atoms with Crippen molar-refractivity contribution in [3.8, 4) is 5.75 Å². The van der Waals surface area contributed by atoms with E-state index < -0.39 is 11.7 Å². The Morgan fingerprint density at radius 2 is 1.58 bits per heavy atom. The van der Waals surface area contributed by atoms with Crippen LogP contribution in [0.1, 0.15) is 23.6 Å². The van der Waals surface area contributed by atoms with Gasteiger partial charge in [-0.2, -0.15) is 13.2 Å². The maximum Gasteiger partial charge on any atom is 0.416 e. The molecule has 0 atom stereocenters. The van der Waals surface area contributed by atoms with E-state index in [-0.39, 0.29) is 0 Å². The Morgan fingerprint density at radius 1 is 1.00 bits per heavy atom. The van der Waals surface area contributed by atoms with Gasteiger partial charge in [0.25, 0.3) is 0 Å². The van der Waals surface area contributed by atoms with Gasteiger partial charge in [0.05, 0.1) is 11.1 Å². The Bertz CT molecular complexity index is 863. The van der Waals surface area contributed by atoms with Gasteiger partial charge in [-0.05, 0) is 54.8 Å². The second kappa shape index (κ2) is 7.07. The van der Waals surface area contributed by atoms with Crippen LogP contribution in [-0.2, 0) is 12.6 Å². The molecule has 1 aliphatic rings. The highest BCUT2D eigenvalue weighted by atomic mass is 19.4. The van der Waals surface area contributed by atoms with Crippen LogP contribution in [0.5, 0.6) is 5.75 Å². The lowest BCUT2D eigenvalue weighted by Gasteiger charge is -2.10. The quantitative estimate of drug-likeness (QED) is 0.752. The van der Waals surface area contributed by atoms with Crippen LogP contribution in [0.15, 0.2) is 72.1 Å². The number of rotatable bonds is 4. The van der Waals surface area contributed by atoms with Crippen molar-refractivity contribution in [2.45, 2.75) is 19.5 Å². The normalized spacial score (nSPS) is 15.8. The smallest absolute Gasteiger partial charge is 0.416 e. The molecule has 3 rings (SSSR count). The maximum atomic E-state index is 12.6. The van der Waals surface area contributed by atoms with E-state index in [9.17, 15) is 13.2 Å². The average Bonchev–Trinajstić information content (AvgIpc) is 3.02. The molecule has 0 fully saturated rings. The van der Waals surface area contributed by atoms with Gasteiger partial charge in [-0.3, -0.25) is 5.41 Å². The van der Waals surface area contributed by atoms with Crippen LogP contribution in [0, 0.1) is 5.41 Å². The van der Waals surface area contributed by atoms with Crippen molar-refractivity contribution < 1.29 is 17.9 Å². The topological polar surface area (TPSA) is 45.1 Å². The summed E-state index contributed by atoms with van der Waals surface area (Å²) in [6.45, 7) is 1.79. The van der Waals surface area contributed by atoms with Gasteiger partial charge in [-0.15, -0.1) is 0 Å². The van der Waals surface area contributed by atoms with E-state index in [1.54, 1.807) is 31.3 Å². The van der Waals surface area contributed by atoms with E-state index in [0.717, 1.165) is 23.3 Å². The van der Waals surface area contributed by atoms with Gasteiger partial charge in [0.1, 0.15) is 17.3 Å². The first-order valence-electron chi connectivity index (χ1n) is 7.99. The van der Waals surface area contributed by atoms with Gasteiger partial charge in [0, 0.05) is 6.20 Å². The summed E-state index contributed by atoms with van der Waals surface area (Å²) in [7, 11) is 0. The zero-order valence-electron chi connectivity index (χ0n) is 14.0. The third-order valence-corrected chi connectivity index (χ3v) is 4.01. The van der Waals surface area contributed by atoms with Crippen LogP contribution in [0.25, 0.3) is 0 Å². The molecular weight excluding hydrogens is 341 g/mol. The zero-order chi connectivity index (χ0) is 18.7. The molecule has 1 aliphatic heterocycles. The number of halogens is 3. The third kappa shape index (κ3) is 4.14. The molecule has 26 heavy (non-hydrogen) atoms. The van der Waals surface area contributed by atoms with Gasteiger partial charge < -0.3 is 10.1 Å². The van der Waals surface area contributed by atoms with E-state index in [1.807, 2.05) is 12.1 Å². The number of hydrogen-bond donors (Lipinski definition) is 2. The monoisotopic (exact) mass is 358 g/mol. The summed E-state index contributed by atoms with van der Waals surface area (Å²) in [5.74, 6) is 1.55. The molecule has 0 aliphatic carbocycles. The summed E-state index contributed by atoms with van der Waals surface area (Å²) >= 11 is 0. The first-order valence-corrected chi connectivity index (χ1v) is 7.99. The summed E-state index contributed by atoms with van der Waals surface area (Å²) in [6, 6.07) is 12.5. The molecule has 0 bridgehead atoms. The van der Waals surface area contributed by atoms with Crippen molar-refractivity contribution in [3.05, 3.63) is 88.8 Å². The Hall–Kier alpha value is -3.02. The van der Waals surface area contributed by atoms with Gasteiger partial charge >= 0.3 is 6.18 Å². The highest BCUT2D eigenvalue weighted by Gasteiger charge is 2.29. The Kier molecular flexibility index (Phi) is 4.84. The summed E-state index contributed by atoms with van der Waals surface area (Å²) < 4.78 is 43.5. The predicted octanol–water partition coefficient (Wildman–Crippen LogP) is 5.04. The molecule has 2 aromatic rings. The average molecular weight is 358 g/mol. The second-order valence-electron chi connectivity index (χ2n) is 5.94. The maximum absolute atomic E-state index is 12.6. The first kappa shape index (κ1) is 17.8. The van der Waals surface area contributed by atoms with Crippen LogP contribution >= 0.6 is 0 Å². The summed E-state index contributed by atoms with van der Waals surface area (Å²) in [6.07, 6.45) is -0.325. The van der Waals surface area contributed by atoms with Crippen LogP contribution in [-0.4, -0.2) is 5.84 Å². The lowest BCUT2D eigenvalue weighted by atomic mass is 10.0. The fourth-order valence-corrected chi connectivity index (χ4v) is 2.62. The molecule has 0 radical (unpaired) electrons. The largest absolute Gasteiger partial charge is 0.461 e. The lowest BCUT2D eigenvalue weighted by Crippen LogP contribution is -2.13. The van der Waals surface area contributed by atoms with Gasteiger partial charge in [-0.25, -0.2) is 0 Å². The van der Waals surface area contributed by atoms with E-state index in [4.69, 9.17) is 10.1 Å². The number of benzene rings is 2. The molecule has 0 amide bonds. The number of nitrogens with one attached hydrogen (secondary N) is 2. The Morgan fingerprint density at radius 3 is 2.08 bits per heavy atom. The van der Waals surface area contributed by atoms with Crippen LogP contribution < -0.4 is 10.1 Å². The molecule has 1 heterocycles. The minimum absolute atomic E-state index is 0.293. The van der Waals surface area contributed by atoms with E-state index in [2.05, 4.69) is 5.32 Å². The van der Waals surface area contributed by atoms with Crippen molar-refractivity contribution in [1.29, 1.82) is 5.41 Å². The molecule has 0 saturated heterocycles. The molecule has 0 unspecified atom stereocenters. The molecule has 134 valence electrons. The highest BCUT2D eigenvalue weighted by Crippen LogP contribution is 2.29. The number of allylic oxidation sites excluding steroid dienone is 1. The van der Waals surface area contributed by atoms with Crippen molar-refractivity contribution in [2.24, 2.45) is 0 Å². The number of alkyl halides is 3. The molecule has 0 aromatic heterocycles. The fourth-order valence-electron chi connectivity index (χ4n) is 2.62. The molecule has 0 spiro atoms. The van der Waals surface area contributed by atoms with Gasteiger partial charge in [-0.1, -0.05) is 24.3 Å². The van der Waals surface area contributed by atoms with E-state index in [0.29, 0.717) is 29.3 Å². The molecule has 6 heteroatoms. The summed E-state index contributed by atoms with van der Waals surface area (Å²) in [5, 5.41) is 10.5. The van der Waals surface area contributed by atoms with Crippen LogP contribution in [0.3, 0.4) is 0 Å². The second-order valence-corrected chi connectivity index (χ2v) is 5.94. The molecular formula is C20H17F3N2O.